The maximum Gasteiger partial charge on any atom is 0.123 e. The quantitative estimate of drug-likeness (QED) is 0.602. The molecule has 0 amide bonds. The summed E-state index contributed by atoms with van der Waals surface area (Å²) in [7, 11) is 0. The minimum absolute atomic E-state index is 0.226. The molecule has 0 bridgehead atoms. The number of aliphatic imine (C=N–C) groups is 1. The van der Waals surface area contributed by atoms with Crippen LogP contribution in [0.1, 0.15) is 31.2 Å². The fourth-order valence-corrected chi connectivity index (χ4v) is 2.20. The molecule has 0 spiro atoms. The Morgan fingerprint density at radius 1 is 1.38 bits per heavy atom. The number of rotatable bonds is 2. The third-order valence-corrected chi connectivity index (χ3v) is 3.18. The molecule has 1 aliphatic carbocycles. The van der Waals surface area contributed by atoms with Crippen LogP contribution in [0.3, 0.4) is 0 Å². The van der Waals surface area contributed by atoms with Crippen molar-refractivity contribution in [3.05, 3.63) is 29.6 Å². The van der Waals surface area contributed by atoms with E-state index < -0.39 is 0 Å². The number of aryl methyl sites for hydroxylation is 1. The second kappa shape index (κ2) is 4.64. The number of amidine groups is 1. The van der Waals surface area contributed by atoms with Crippen molar-refractivity contribution in [1.82, 2.24) is 0 Å². The molecule has 1 aromatic rings. The Hall–Kier alpha value is -1.38. The summed E-state index contributed by atoms with van der Waals surface area (Å²) >= 11 is 0. The molecular formula is C13H17FN2. The Morgan fingerprint density at radius 2 is 2.06 bits per heavy atom. The summed E-state index contributed by atoms with van der Waals surface area (Å²) in [5.41, 5.74) is 7.59. The van der Waals surface area contributed by atoms with E-state index in [9.17, 15) is 4.39 Å². The van der Waals surface area contributed by atoms with Crippen LogP contribution in [0.2, 0.25) is 0 Å². The minimum atomic E-state index is -0.226. The average molecular weight is 220 g/mol. The standard InChI is InChI=1S/C13H17FN2/c1-9-8-11(14)6-7-12(9)16-13(15)10-4-2-3-5-10/h6-8,10H,2-5H2,1H3,(H2,15,16). The van der Waals surface area contributed by atoms with Gasteiger partial charge in [0, 0.05) is 5.92 Å². The molecule has 16 heavy (non-hydrogen) atoms. The van der Waals surface area contributed by atoms with Gasteiger partial charge >= 0.3 is 0 Å². The average Bonchev–Trinajstić information content (AvgIpc) is 2.75. The van der Waals surface area contributed by atoms with Crippen molar-refractivity contribution in [2.75, 3.05) is 0 Å². The number of nitrogens with zero attached hydrogens (tertiary/aromatic N) is 1. The molecular weight excluding hydrogens is 203 g/mol. The Labute approximate surface area is 95.4 Å². The smallest absolute Gasteiger partial charge is 0.123 e. The van der Waals surface area contributed by atoms with Crippen LogP contribution < -0.4 is 5.73 Å². The molecule has 0 aromatic heterocycles. The first-order chi connectivity index (χ1) is 7.66. The summed E-state index contributed by atoms with van der Waals surface area (Å²) in [6.45, 7) is 1.85. The van der Waals surface area contributed by atoms with Gasteiger partial charge in [-0.25, -0.2) is 9.38 Å². The number of hydrogen-bond donors (Lipinski definition) is 1. The van der Waals surface area contributed by atoms with E-state index in [-0.39, 0.29) is 5.82 Å². The Balaban J connectivity index is 2.20. The minimum Gasteiger partial charge on any atom is -0.387 e. The highest BCUT2D eigenvalue weighted by Crippen LogP contribution is 2.27. The lowest BCUT2D eigenvalue weighted by Gasteiger charge is -2.09. The maximum absolute atomic E-state index is 12.9. The molecule has 2 rings (SSSR count). The van der Waals surface area contributed by atoms with Crippen LogP contribution in [0, 0.1) is 18.7 Å². The third-order valence-electron chi connectivity index (χ3n) is 3.18. The summed E-state index contributed by atoms with van der Waals surface area (Å²) in [6, 6.07) is 4.60. The summed E-state index contributed by atoms with van der Waals surface area (Å²) in [4.78, 5) is 4.41. The topological polar surface area (TPSA) is 38.4 Å². The van der Waals surface area contributed by atoms with Gasteiger partial charge in [0.2, 0.25) is 0 Å². The van der Waals surface area contributed by atoms with Crippen molar-refractivity contribution in [1.29, 1.82) is 0 Å². The van der Waals surface area contributed by atoms with Crippen LogP contribution in [-0.4, -0.2) is 5.84 Å². The Kier molecular flexibility index (Phi) is 3.22. The number of halogens is 1. The van der Waals surface area contributed by atoms with Gasteiger partial charge in [0.25, 0.3) is 0 Å². The zero-order valence-corrected chi connectivity index (χ0v) is 9.54. The van der Waals surface area contributed by atoms with Crippen molar-refractivity contribution < 1.29 is 4.39 Å². The Morgan fingerprint density at radius 3 is 2.69 bits per heavy atom. The monoisotopic (exact) mass is 220 g/mol. The summed E-state index contributed by atoms with van der Waals surface area (Å²) in [6.07, 6.45) is 4.75. The highest BCUT2D eigenvalue weighted by molar-refractivity contribution is 5.85. The molecule has 0 unspecified atom stereocenters. The number of benzene rings is 1. The number of nitrogens with two attached hydrogens (primary N) is 1. The van der Waals surface area contributed by atoms with Gasteiger partial charge in [-0.1, -0.05) is 12.8 Å². The summed E-state index contributed by atoms with van der Waals surface area (Å²) in [5, 5.41) is 0. The van der Waals surface area contributed by atoms with Crippen molar-refractivity contribution in [3.8, 4) is 0 Å². The molecule has 86 valence electrons. The molecule has 0 radical (unpaired) electrons. The fraction of sp³-hybridized carbons (Fsp3) is 0.462. The maximum atomic E-state index is 12.9. The van der Waals surface area contributed by atoms with Crippen molar-refractivity contribution in [3.63, 3.8) is 0 Å². The predicted molar refractivity (Wildman–Crippen MR) is 64.4 cm³/mol. The highest BCUT2D eigenvalue weighted by atomic mass is 19.1. The van der Waals surface area contributed by atoms with E-state index in [0.717, 1.165) is 24.1 Å². The van der Waals surface area contributed by atoms with Crippen LogP contribution in [0.4, 0.5) is 10.1 Å². The van der Waals surface area contributed by atoms with Crippen LogP contribution >= 0.6 is 0 Å². The van der Waals surface area contributed by atoms with E-state index in [4.69, 9.17) is 5.73 Å². The highest BCUT2D eigenvalue weighted by Gasteiger charge is 2.18. The SMILES string of the molecule is Cc1cc(F)ccc1N=C(N)C1CCCC1. The molecule has 3 heteroatoms. The van der Waals surface area contributed by atoms with Crippen LogP contribution in [0.25, 0.3) is 0 Å². The second-order valence-electron chi connectivity index (χ2n) is 4.45. The molecule has 2 nitrogen and oxygen atoms in total. The fourth-order valence-electron chi connectivity index (χ4n) is 2.20. The molecule has 2 N–H and O–H groups in total. The summed E-state index contributed by atoms with van der Waals surface area (Å²) in [5.74, 6) is 0.896. The van der Waals surface area contributed by atoms with Crippen LogP contribution in [0.15, 0.2) is 23.2 Å². The van der Waals surface area contributed by atoms with Crippen LogP contribution in [-0.2, 0) is 0 Å². The number of hydrogen-bond acceptors (Lipinski definition) is 1. The van der Waals surface area contributed by atoms with Crippen molar-refractivity contribution in [2.24, 2.45) is 16.6 Å². The molecule has 0 saturated heterocycles. The Bertz CT molecular complexity index is 406. The van der Waals surface area contributed by atoms with Gasteiger partial charge in [-0.3, -0.25) is 0 Å². The zero-order chi connectivity index (χ0) is 11.5. The predicted octanol–water partition coefficient (Wildman–Crippen LogP) is 3.31. The largest absolute Gasteiger partial charge is 0.387 e. The first-order valence-electron chi connectivity index (χ1n) is 5.77. The zero-order valence-electron chi connectivity index (χ0n) is 9.54. The van der Waals surface area contributed by atoms with Gasteiger partial charge in [0.15, 0.2) is 0 Å². The second-order valence-corrected chi connectivity index (χ2v) is 4.45. The van der Waals surface area contributed by atoms with Gasteiger partial charge in [-0.15, -0.1) is 0 Å². The van der Waals surface area contributed by atoms with E-state index in [1.54, 1.807) is 6.07 Å². The van der Waals surface area contributed by atoms with Gasteiger partial charge in [0.05, 0.1) is 5.69 Å². The van der Waals surface area contributed by atoms with E-state index in [0.29, 0.717) is 11.8 Å². The van der Waals surface area contributed by atoms with Gasteiger partial charge in [0.1, 0.15) is 11.7 Å². The molecule has 1 fully saturated rings. The molecule has 0 heterocycles. The molecule has 0 aliphatic heterocycles. The molecule has 1 aromatic carbocycles. The normalized spacial score (nSPS) is 18.0. The molecule has 1 saturated carbocycles. The van der Waals surface area contributed by atoms with Crippen LogP contribution in [0.5, 0.6) is 0 Å². The van der Waals surface area contributed by atoms with E-state index in [2.05, 4.69) is 4.99 Å². The third kappa shape index (κ3) is 2.40. The first-order valence-corrected chi connectivity index (χ1v) is 5.77. The van der Waals surface area contributed by atoms with Crippen molar-refractivity contribution in [2.45, 2.75) is 32.6 Å². The van der Waals surface area contributed by atoms with E-state index >= 15 is 0 Å². The van der Waals surface area contributed by atoms with E-state index in [1.807, 2.05) is 6.92 Å². The van der Waals surface area contributed by atoms with Gasteiger partial charge in [-0.2, -0.15) is 0 Å². The van der Waals surface area contributed by atoms with E-state index in [1.165, 1.54) is 25.0 Å². The molecule has 1 aliphatic rings. The lowest BCUT2D eigenvalue weighted by Crippen LogP contribution is -2.20. The summed E-state index contributed by atoms with van der Waals surface area (Å²) < 4.78 is 12.9. The lowest BCUT2D eigenvalue weighted by atomic mass is 10.1. The lowest BCUT2D eigenvalue weighted by molar-refractivity contribution is 0.626. The van der Waals surface area contributed by atoms with Gasteiger partial charge < -0.3 is 5.73 Å². The van der Waals surface area contributed by atoms with Crippen molar-refractivity contribution >= 4 is 11.5 Å². The van der Waals surface area contributed by atoms with Gasteiger partial charge in [-0.05, 0) is 43.5 Å². The molecule has 0 atom stereocenters. The first kappa shape index (κ1) is 11.1.